The Morgan fingerprint density at radius 2 is 2.08 bits per heavy atom. The highest BCUT2D eigenvalue weighted by Crippen LogP contribution is 2.16. The molecule has 0 aliphatic carbocycles. The first-order valence-electron chi connectivity index (χ1n) is 7.65. The van der Waals surface area contributed by atoms with Crippen LogP contribution >= 0.6 is 0 Å². The molecule has 0 saturated carbocycles. The maximum absolute atomic E-state index is 12.4. The van der Waals surface area contributed by atoms with Crippen LogP contribution in [0.15, 0.2) is 30.6 Å². The topological polar surface area (TPSA) is 75.9 Å². The van der Waals surface area contributed by atoms with Crippen LogP contribution in [0.25, 0.3) is 11.0 Å². The molecule has 3 aromatic rings. The van der Waals surface area contributed by atoms with Gasteiger partial charge in [0.15, 0.2) is 5.65 Å². The Labute approximate surface area is 140 Å². The summed E-state index contributed by atoms with van der Waals surface area (Å²) in [7, 11) is 5.71. The fourth-order valence-electron chi connectivity index (χ4n) is 2.53. The average Bonchev–Trinajstić information content (AvgIpc) is 2.87. The van der Waals surface area contributed by atoms with E-state index in [0.29, 0.717) is 12.1 Å². The zero-order chi connectivity index (χ0) is 17.3. The van der Waals surface area contributed by atoms with Gasteiger partial charge in [-0.15, -0.1) is 0 Å². The minimum Gasteiger partial charge on any atom is -0.363 e. The number of aromatic nitrogens is 4. The number of pyridine rings is 2. The van der Waals surface area contributed by atoms with Gasteiger partial charge in [0.2, 0.25) is 0 Å². The molecule has 0 radical (unpaired) electrons. The van der Waals surface area contributed by atoms with E-state index in [9.17, 15) is 4.79 Å². The monoisotopic (exact) mass is 324 g/mol. The van der Waals surface area contributed by atoms with Crippen molar-refractivity contribution in [3.63, 3.8) is 0 Å². The largest absolute Gasteiger partial charge is 0.363 e. The van der Waals surface area contributed by atoms with Crippen molar-refractivity contribution in [3.05, 3.63) is 47.4 Å². The highest BCUT2D eigenvalue weighted by atomic mass is 16.1. The summed E-state index contributed by atoms with van der Waals surface area (Å²) in [6.45, 7) is 2.34. The highest BCUT2D eigenvalue weighted by Gasteiger charge is 2.11. The zero-order valence-corrected chi connectivity index (χ0v) is 14.2. The van der Waals surface area contributed by atoms with Gasteiger partial charge in [-0.25, -0.2) is 9.97 Å². The Hall–Kier alpha value is -2.96. The predicted molar refractivity (Wildman–Crippen MR) is 93.0 cm³/mol. The van der Waals surface area contributed by atoms with Crippen LogP contribution < -0.4 is 10.2 Å². The molecule has 1 N–H and O–H groups in total. The van der Waals surface area contributed by atoms with Crippen molar-refractivity contribution < 1.29 is 4.79 Å². The number of hydrogen-bond donors (Lipinski definition) is 1. The van der Waals surface area contributed by atoms with Gasteiger partial charge in [-0.05, 0) is 30.7 Å². The number of carbonyl (C=O) groups excluding carboxylic acids is 1. The van der Waals surface area contributed by atoms with Crippen LogP contribution in [0.2, 0.25) is 0 Å². The van der Waals surface area contributed by atoms with Crippen molar-refractivity contribution in [2.75, 3.05) is 19.0 Å². The lowest BCUT2D eigenvalue weighted by molar-refractivity contribution is 0.0950. The minimum atomic E-state index is -0.157. The number of carbonyl (C=O) groups is 1. The number of amides is 1. The third-order valence-electron chi connectivity index (χ3n) is 3.85. The number of anilines is 1. The van der Waals surface area contributed by atoms with Gasteiger partial charge in [0, 0.05) is 45.5 Å². The molecule has 3 rings (SSSR count). The smallest absolute Gasteiger partial charge is 0.253 e. The molecular formula is C17H20N6O. The molecule has 3 heterocycles. The van der Waals surface area contributed by atoms with Crippen molar-refractivity contribution >= 4 is 22.8 Å². The molecule has 0 saturated heterocycles. The van der Waals surface area contributed by atoms with Crippen LogP contribution in [0.3, 0.4) is 0 Å². The molecule has 24 heavy (non-hydrogen) atoms. The number of aryl methyl sites for hydroxylation is 2. The molecule has 124 valence electrons. The molecule has 0 spiro atoms. The van der Waals surface area contributed by atoms with Gasteiger partial charge in [0.1, 0.15) is 5.82 Å². The van der Waals surface area contributed by atoms with Gasteiger partial charge >= 0.3 is 0 Å². The molecule has 0 fully saturated rings. The van der Waals surface area contributed by atoms with Crippen LogP contribution in [-0.4, -0.2) is 39.8 Å². The van der Waals surface area contributed by atoms with Gasteiger partial charge in [0.25, 0.3) is 5.91 Å². The summed E-state index contributed by atoms with van der Waals surface area (Å²) in [6.07, 6.45) is 3.32. The molecule has 0 aromatic carbocycles. The maximum Gasteiger partial charge on any atom is 0.253 e. The summed E-state index contributed by atoms with van der Waals surface area (Å²) in [5.41, 5.74) is 3.15. The lowest BCUT2D eigenvalue weighted by atomic mass is 10.2. The number of nitrogens with one attached hydrogen (secondary N) is 1. The molecule has 0 aliphatic heterocycles. The van der Waals surface area contributed by atoms with Crippen molar-refractivity contribution in [1.29, 1.82) is 0 Å². The first-order chi connectivity index (χ1) is 11.5. The SMILES string of the molecule is Cc1nn(C)c2ncc(C(=O)NCc3ccnc(N(C)C)c3)cc12. The third kappa shape index (κ3) is 3.05. The Morgan fingerprint density at radius 3 is 2.83 bits per heavy atom. The average molecular weight is 324 g/mol. The molecule has 7 nitrogen and oxygen atoms in total. The van der Waals surface area contributed by atoms with Gasteiger partial charge in [-0.2, -0.15) is 5.10 Å². The Balaban J connectivity index is 1.75. The molecule has 0 atom stereocenters. The second-order valence-electron chi connectivity index (χ2n) is 5.90. The summed E-state index contributed by atoms with van der Waals surface area (Å²) in [6, 6.07) is 5.67. The summed E-state index contributed by atoms with van der Waals surface area (Å²) >= 11 is 0. The highest BCUT2D eigenvalue weighted by molar-refractivity contribution is 5.97. The first-order valence-corrected chi connectivity index (χ1v) is 7.65. The number of hydrogen-bond acceptors (Lipinski definition) is 5. The van der Waals surface area contributed by atoms with Crippen molar-refractivity contribution in [3.8, 4) is 0 Å². The fourth-order valence-corrected chi connectivity index (χ4v) is 2.53. The van der Waals surface area contributed by atoms with E-state index in [1.165, 1.54) is 0 Å². The minimum absolute atomic E-state index is 0.157. The van der Waals surface area contributed by atoms with Gasteiger partial charge < -0.3 is 10.2 Å². The maximum atomic E-state index is 12.4. The summed E-state index contributed by atoms with van der Waals surface area (Å²) in [5, 5.41) is 8.13. The number of nitrogens with zero attached hydrogens (tertiary/aromatic N) is 5. The lowest BCUT2D eigenvalue weighted by Crippen LogP contribution is -2.23. The van der Waals surface area contributed by atoms with E-state index in [1.54, 1.807) is 17.1 Å². The zero-order valence-electron chi connectivity index (χ0n) is 14.2. The number of fused-ring (bicyclic) bond motifs is 1. The quantitative estimate of drug-likeness (QED) is 0.790. The second-order valence-corrected chi connectivity index (χ2v) is 5.90. The third-order valence-corrected chi connectivity index (χ3v) is 3.85. The fraction of sp³-hybridized carbons (Fsp3) is 0.294. The van der Waals surface area contributed by atoms with E-state index >= 15 is 0 Å². The summed E-state index contributed by atoms with van der Waals surface area (Å²) in [5.74, 6) is 0.701. The van der Waals surface area contributed by atoms with Crippen LogP contribution in [-0.2, 0) is 13.6 Å². The van der Waals surface area contributed by atoms with Crippen LogP contribution in [0, 0.1) is 6.92 Å². The molecule has 7 heteroatoms. The van der Waals surface area contributed by atoms with Crippen LogP contribution in [0.5, 0.6) is 0 Å². The molecule has 1 amide bonds. The van der Waals surface area contributed by atoms with Crippen molar-refractivity contribution in [2.45, 2.75) is 13.5 Å². The van der Waals surface area contributed by atoms with Gasteiger partial charge in [-0.1, -0.05) is 0 Å². The Morgan fingerprint density at radius 1 is 1.29 bits per heavy atom. The molecule has 3 aromatic heterocycles. The lowest BCUT2D eigenvalue weighted by Gasteiger charge is -2.12. The molecular weight excluding hydrogens is 304 g/mol. The summed E-state index contributed by atoms with van der Waals surface area (Å²) in [4.78, 5) is 22.9. The molecule has 0 aliphatic rings. The second kappa shape index (κ2) is 6.27. The van der Waals surface area contributed by atoms with Crippen LogP contribution in [0.4, 0.5) is 5.82 Å². The first kappa shape index (κ1) is 15.9. The van der Waals surface area contributed by atoms with Crippen molar-refractivity contribution in [1.82, 2.24) is 25.1 Å². The Bertz CT molecular complexity index is 899. The van der Waals surface area contributed by atoms with E-state index in [0.717, 1.165) is 28.1 Å². The predicted octanol–water partition coefficient (Wildman–Crippen LogP) is 1.67. The van der Waals surface area contributed by atoms with E-state index in [2.05, 4.69) is 20.4 Å². The standard InChI is InChI=1S/C17H20N6O/c1-11-14-8-13(10-19-16(14)23(4)21-11)17(24)20-9-12-5-6-18-15(7-12)22(2)3/h5-8,10H,9H2,1-4H3,(H,20,24). The van der Waals surface area contributed by atoms with E-state index < -0.39 is 0 Å². The normalized spacial score (nSPS) is 10.8. The van der Waals surface area contributed by atoms with Crippen molar-refractivity contribution in [2.24, 2.45) is 7.05 Å². The van der Waals surface area contributed by atoms with Gasteiger partial charge in [-0.3, -0.25) is 9.48 Å². The van der Waals surface area contributed by atoms with E-state index in [-0.39, 0.29) is 5.91 Å². The summed E-state index contributed by atoms with van der Waals surface area (Å²) < 4.78 is 1.71. The molecule has 0 bridgehead atoms. The molecule has 0 unspecified atom stereocenters. The van der Waals surface area contributed by atoms with E-state index in [1.807, 2.05) is 51.2 Å². The van der Waals surface area contributed by atoms with Gasteiger partial charge in [0.05, 0.1) is 11.3 Å². The van der Waals surface area contributed by atoms with E-state index in [4.69, 9.17) is 0 Å². The number of rotatable bonds is 4. The van der Waals surface area contributed by atoms with Crippen LogP contribution in [0.1, 0.15) is 21.6 Å². The Kier molecular flexibility index (Phi) is 4.16.